The summed E-state index contributed by atoms with van der Waals surface area (Å²) in [6, 6.07) is 6.21. The van der Waals surface area contributed by atoms with Crippen LogP contribution < -0.4 is 10.2 Å². The van der Waals surface area contributed by atoms with Crippen molar-refractivity contribution in [2.24, 2.45) is 0 Å². The molecule has 1 aromatic rings. The Labute approximate surface area is 123 Å². The van der Waals surface area contributed by atoms with Gasteiger partial charge >= 0.3 is 12.0 Å². The van der Waals surface area contributed by atoms with Gasteiger partial charge in [-0.25, -0.2) is 9.59 Å². The fraction of sp³-hybridized carbons (Fsp3) is 0.429. The molecule has 110 valence electrons. The lowest BCUT2D eigenvalue weighted by molar-refractivity contribution is 0.0697. The van der Waals surface area contributed by atoms with E-state index in [1.165, 1.54) is 11.0 Å². The summed E-state index contributed by atoms with van der Waals surface area (Å²) in [7, 11) is 1.57. The van der Waals surface area contributed by atoms with Gasteiger partial charge in [0.05, 0.1) is 11.3 Å². The van der Waals surface area contributed by atoms with Crippen molar-refractivity contribution >= 4 is 29.4 Å². The Morgan fingerprint density at radius 2 is 2.05 bits per heavy atom. The number of aromatic carboxylic acids is 1. The van der Waals surface area contributed by atoms with Crippen LogP contribution in [0.15, 0.2) is 24.3 Å². The second kappa shape index (κ2) is 7.79. The molecule has 1 rings (SSSR count). The predicted octanol–water partition coefficient (Wildman–Crippen LogP) is 2.67. The standard InChI is InChI=1S/C14H20N2O3S/c1-10(8-9-20-3)15-14(19)16(2)12-7-5-4-6-11(12)13(17)18/h4-7,10H,8-9H2,1-3H3,(H,15,19)(H,17,18). The van der Waals surface area contributed by atoms with Crippen LogP contribution >= 0.6 is 11.8 Å². The van der Waals surface area contributed by atoms with Crippen molar-refractivity contribution in [1.82, 2.24) is 5.32 Å². The lowest BCUT2D eigenvalue weighted by atomic mass is 10.1. The average molecular weight is 296 g/mol. The number of carboxylic acids is 1. The number of carbonyl (C=O) groups is 2. The molecule has 0 saturated carbocycles. The molecule has 0 heterocycles. The van der Waals surface area contributed by atoms with Crippen LogP contribution in [0, 0.1) is 0 Å². The number of nitrogens with one attached hydrogen (secondary N) is 1. The number of rotatable bonds is 6. The normalized spacial score (nSPS) is 11.8. The topological polar surface area (TPSA) is 69.6 Å². The van der Waals surface area contributed by atoms with Crippen molar-refractivity contribution in [2.45, 2.75) is 19.4 Å². The highest BCUT2D eigenvalue weighted by atomic mass is 32.2. The van der Waals surface area contributed by atoms with Crippen LogP contribution in [0.5, 0.6) is 0 Å². The van der Waals surface area contributed by atoms with Gasteiger partial charge in [-0.15, -0.1) is 0 Å². The Morgan fingerprint density at radius 3 is 2.65 bits per heavy atom. The Kier molecular flexibility index (Phi) is 6.38. The van der Waals surface area contributed by atoms with Gasteiger partial charge in [0.1, 0.15) is 0 Å². The highest BCUT2D eigenvalue weighted by molar-refractivity contribution is 7.98. The van der Waals surface area contributed by atoms with E-state index in [0.29, 0.717) is 5.69 Å². The summed E-state index contributed by atoms with van der Waals surface area (Å²) in [4.78, 5) is 24.6. The molecule has 2 N–H and O–H groups in total. The van der Waals surface area contributed by atoms with Crippen molar-refractivity contribution in [2.75, 3.05) is 24.0 Å². The zero-order valence-corrected chi connectivity index (χ0v) is 12.7. The minimum atomic E-state index is -1.05. The maximum Gasteiger partial charge on any atom is 0.337 e. The summed E-state index contributed by atoms with van der Waals surface area (Å²) in [6.45, 7) is 1.94. The largest absolute Gasteiger partial charge is 0.478 e. The second-order valence-corrected chi connectivity index (χ2v) is 5.50. The number of thioether (sulfide) groups is 1. The molecule has 0 radical (unpaired) electrons. The molecule has 0 bridgehead atoms. The van der Waals surface area contributed by atoms with E-state index >= 15 is 0 Å². The van der Waals surface area contributed by atoms with Gasteiger partial charge in [0.15, 0.2) is 0 Å². The third kappa shape index (κ3) is 4.45. The molecule has 0 aliphatic carbocycles. The second-order valence-electron chi connectivity index (χ2n) is 4.51. The van der Waals surface area contributed by atoms with Gasteiger partial charge in [-0.2, -0.15) is 11.8 Å². The quantitative estimate of drug-likeness (QED) is 0.846. The molecule has 1 unspecified atom stereocenters. The van der Waals surface area contributed by atoms with E-state index in [-0.39, 0.29) is 17.6 Å². The molecule has 6 heteroatoms. The maximum absolute atomic E-state index is 12.1. The first-order chi connectivity index (χ1) is 9.47. The third-order valence-corrected chi connectivity index (χ3v) is 3.57. The zero-order valence-electron chi connectivity index (χ0n) is 11.9. The number of carboxylic acid groups (broad SMARTS) is 1. The highest BCUT2D eigenvalue weighted by Gasteiger charge is 2.18. The number of benzene rings is 1. The molecule has 0 aliphatic heterocycles. The van der Waals surface area contributed by atoms with Gasteiger partial charge in [0.2, 0.25) is 0 Å². The molecule has 0 aromatic heterocycles. The Balaban J connectivity index is 2.77. The van der Waals surface area contributed by atoms with Crippen LogP contribution in [0.2, 0.25) is 0 Å². The van der Waals surface area contributed by atoms with Gasteiger partial charge in [0, 0.05) is 13.1 Å². The van der Waals surface area contributed by atoms with E-state index in [2.05, 4.69) is 5.32 Å². The van der Waals surface area contributed by atoms with E-state index < -0.39 is 5.97 Å². The number of amides is 2. The molecular formula is C14H20N2O3S. The summed E-state index contributed by atoms with van der Waals surface area (Å²) in [6.07, 6.45) is 2.89. The molecule has 0 saturated heterocycles. The summed E-state index contributed by atoms with van der Waals surface area (Å²) in [5, 5.41) is 12.0. The maximum atomic E-state index is 12.1. The van der Waals surface area contributed by atoms with Gasteiger partial charge in [-0.1, -0.05) is 12.1 Å². The minimum Gasteiger partial charge on any atom is -0.478 e. The SMILES string of the molecule is CSCCC(C)NC(=O)N(C)c1ccccc1C(=O)O. The number of carbonyl (C=O) groups excluding carboxylic acids is 1. The fourth-order valence-electron chi connectivity index (χ4n) is 1.73. The van der Waals surface area contributed by atoms with Crippen LogP contribution in [0.3, 0.4) is 0 Å². The predicted molar refractivity (Wildman–Crippen MR) is 82.8 cm³/mol. The van der Waals surface area contributed by atoms with Crippen molar-refractivity contribution in [1.29, 1.82) is 0 Å². The van der Waals surface area contributed by atoms with Gasteiger partial charge in [-0.05, 0) is 37.5 Å². The fourth-order valence-corrected chi connectivity index (χ4v) is 2.32. The smallest absolute Gasteiger partial charge is 0.337 e. The molecule has 0 aliphatic rings. The summed E-state index contributed by atoms with van der Waals surface area (Å²) in [5.41, 5.74) is 0.497. The van der Waals surface area contributed by atoms with E-state index in [9.17, 15) is 9.59 Å². The molecule has 0 spiro atoms. The van der Waals surface area contributed by atoms with Crippen LogP contribution in [0.1, 0.15) is 23.7 Å². The van der Waals surface area contributed by atoms with Crippen molar-refractivity contribution in [3.63, 3.8) is 0 Å². The first-order valence-electron chi connectivity index (χ1n) is 6.32. The number of anilines is 1. The molecule has 2 amide bonds. The third-order valence-electron chi connectivity index (χ3n) is 2.93. The monoisotopic (exact) mass is 296 g/mol. The molecule has 20 heavy (non-hydrogen) atoms. The number of hydrogen-bond donors (Lipinski definition) is 2. The summed E-state index contributed by atoms with van der Waals surface area (Å²) < 4.78 is 0. The van der Waals surface area contributed by atoms with Gasteiger partial charge in [0.25, 0.3) is 0 Å². The van der Waals surface area contributed by atoms with Crippen LogP contribution in [0.4, 0.5) is 10.5 Å². The molecule has 5 nitrogen and oxygen atoms in total. The molecular weight excluding hydrogens is 276 g/mol. The van der Waals surface area contributed by atoms with Crippen molar-refractivity contribution in [3.8, 4) is 0 Å². The lowest BCUT2D eigenvalue weighted by Crippen LogP contribution is -2.42. The number of para-hydroxylation sites is 1. The minimum absolute atomic E-state index is 0.0504. The van der Waals surface area contributed by atoms with E-state index in [1.807, 2.05) is 13.2 Å². The van der Waals surface area contributed by atoms with E-state index in [0.717, 1.165) is 12.2 Å². The molecule has 1 atom stereocenters. The summed E-state index contributed by atoms with van der Waals surface area (Å²) in [5.74, 6) is -0.0765. The van der Waals surface area contributed by atoms with E-state index in [1.54, 1.807) is 37.0 Å². The van der Waals surface area contributed by atoms with Gasteiger partial charge in [-0.3, -0.25) is 4.90 Å². The van der Waals surface area contributed by atoms with E-state index in [4.69, 9.17) is 5.11 Å². The molecule has 0 fully saturated rings. The zero-order chi connectivity index (χ0) is 15.1. The Morgan fingerprint density at radius 1 is 1.40 bits per heavy atom. The number of urea groups is 1. The highest BCUT2D eigenvalue weighted by Crippen LogP contribution is 2.19. The Bertz CT molecular complexity index is 479. The van der Waals surface area contributed by atoms with Crippen molar-refractivity contribution in [3.05, 3.63) is 29.8 Å². The van der Waals surface area contributed by atoms with Gasteiger partial charge < -0.3 is 10.4 Å². The van der Waals surface area contributed by atoms with Crippen LogP contribution in [-0.2, 0) is 0 Å². The lowest BCUT2D eigenvalue weighted by Gasteiger charge is -2.22. The Hall–Kier alpha value is -1.69. The van der Waals surface area contributed by atoms with Crippen LogP contribution in [0.25, 0.3) is 0 Å². The number of nitrogens with zero attached hydrogens (tertiary/aromatic N) is 1. The summed E-state index contributed by atoms with van der Waals surface area (Å²) >= 11 is 1.73. The average Bonchev–Trinajstić information content (AvgIpc) is 2.44. The number of hydrogen-bond acceptors (Lipinski definition) is 3. The first-order valence-corrected chi connectivity index (χ1v) is 7.72. The molecule has 1 aromatic carbocycles. The van der Waals surface area contributed by atoms with Crippen molar-refractivity contribution < 1.29 is 14.7 Å². The van der Waals surface area contributed by atoms with Crippen LogP contribution in [-0.4, -0.2) is 42.2 Å². The first kappa shape index (κ1) is 16.4.